The Bertz CT molecular complexity index is 1440. The van der Waals surface area contributed by atoms with Crippen LogP contribution >= 0.6 is 0 Å². The van der Waals surface area contributed by atoms with Gasteiger partial charge in [0.2, 0.25) is 5.91 Å². The molecule has 1 amide bonds. The zero-order valence-electron chi connectivity index (χ0n) is 22.1. The molecule has 1 aliphatic rings. The molecular formula is C31H33FN4O2. The van der Waals surface area contributed by atoms with E-state index in [-0.39, 0.29) is 24.1 Å². The monoisotopic (exact) mass is 512 g/mol. The average Bonchev–Trinajstić information content (AvgIpc) is 3.35. The number of halogens is 1. The highest BCUT2D eigenvalue weighted by atomic mass is 19.1. The third-order valence-electron chi connectivity index (χ3n) is 7.24. The SMILES string of the molecule is Cc1cccc(Cn2cc(CN(C(=O)C3CCCc4c(O)ccc(F)c43)c3ccc(C(C)C)nc3)cn2)c1. The maximum Gasteiger partial charge on any atom is 0.235 e. The van der Waals surface area contributed by atoms with Gasteiger partial charge in [0.15, 0.2) is 0 Å². The van der Waals surface area contributed by atoms with E-state index in [1.807, 2.05) is 29.1 Å². The van der Waals surface area contributed by atoms with E-state index in [1.54, 1.807) is 17.3 Å². The number of phenols is 1. The lowest BCUT2D eigenvalue weighted by Gasteiger charge is -2.31. The van der Waals surface area contributed by atoms with Gasteiger partial charge < -0.3 is 10.0 Å². The van der Waals surface area contributed by atoms with Crippen LogP contribution in [0.4, 0.5) is 10.1 Å². The first kappa shape index (κ1) is 25.6. The molecular weight excluding hydrogens is 479 g/mol. The number of anilines is 1. The van der Waals surface area contributed by atoms with Crippen molar-refractivity contribution in [2.24, 2.45) is 0 Å². The predicted molar refractivity (Wildman–Crippen MR) is 146 cm³/mol. The minimum absolute atomic E-state index is 0.0471. The number of phenolic OH excluding ortho intramolecular Hbond substituents is 1. The number of hydrogen-bond donors (Lipinski definition) is 1. The highest BCUT2D eigenvalue weighted by Gasteiger charge is 2.34. The topological polar surface area (TPSA) is 71.2 Å². The molecule has 0 aliphatic heterocycles. The van der Waals surface area contributed by atoms with E-state index in [1.165, 1.54) is 17.7 Å². The Morgan fingerprint density at radius 2 is 2.00 bits per heavy atom. The molecule has 1 aliphatic carbocycles. The Hall–Kier alpha value is -4.00. The molecule has 2 heterocycles. The number of carbonyl (C=O) groups excluding carboxylic acids is 1. The first-order valence-electron chi connectivity index (χ1n) is 13.1. The van der Waals surface area contributed by atoms with E-state index in [2.05, 4.69) is 49.1 Å². The van der Waals surface area contributed by atoms with Crippen LogP contribution in [0.3, 0.4) is 0 Å². The number of pyridine rings is 1. The summed E-state index contributed by atoms with van der Waals surface area (Å²) in [6.45, 7) is 7.11. The van der Waals surface area contributed by atoms with Gasteiger partial charge in [0.05, 0.1) is 37.1 Å². The lowest BCUT2D eigenvalue weighted by molar-refractivity contribution is -0.120. The smallest absolute Gasteiger partial charge is 0.235 e. The predicted octanol–water partition coefficient (Wildman–Crippen LogP) is 6.26. The molecule has 1 N–H and O–H groups in total. The van der Waals surface area contributed by atoms with Crippen LogP contribution in [-0.2, 0) is 24.3 Å². The van der Waals surface area contributed by atoms with Gasteiger partial charge in [-0.15, -0.1) is 0 Å². The number of hydrogen-bond acceptors (Lipinski definition) is 4. The lowest BCUT2D eigenvalue weighted by atomic mass is 9.81. The van der Waals surface area contributed by atoms with Crippen molar-refractivity contribution >= 4 is 11.6 Å². The molecule has 2 aromatic heterocycles. The fourth-order valence-electron chi connectivity index (χ4n) is 5.28. The van der Waals surface area contributed by atoms with Crippen LogP contribution in [-0.4, -0.2) is 25.8 Å². The summed E-state index contributed by atoms with van der Waals surface area (Å²) >= 11 is 0. The number of fused-ring (bicyclic) bond motifs is 1. The highest BCUT2D eigenvalue weighted by Crippen LogP contribution is 2.40. The molecule has 6 nitrogen and oxygen atoms in total. The maximum atomic E-state index is 15.0. The Labute approximate surface area is 222 Å². The number of carbonyl (C=O) groups is 1. The summed E-state index contributed by atoms with van der Waals surface area (Å²) in [5, 5.41) is 14.9. The van der Waals surface area contributed by atoms with Crippen LogP contribution in [0.1, 0.15) is 72.0 Å². The molecule has 2 aromatic carbocycles. The summed E-state index contributed by atoms with van der Waals surface area (Å²) in [7, 11) is 0. The molecule has 38 heavy (non-hydrogen) atoms. The number of amides is 1. The molecule has 4 aromatic rings. The molecule has 0 saturated heterocycles. The second-order valence-electron chi connectivity index (χ2n) is 10.5. The van der Waals surface area contributed by atoms with Crippen molar-refractivity contribution in [2.75, 3.05) is 4.90 Å². The molecule has 7 heteroatoms. The van der Waals surface area contributed by atoms with Crippen LogP contribution < -0.4 is 4.90 Å². The van der Waals surface area contributed by atoms with Gasteiger partial charge in [0, 0.05) is 28.6 Å². The lowest BCUT2D eigenvalue weighted by Crippen LogP contribution is -2.36. The molecule has 5 rings (SSSR count). The molecule has 196 valence electrons. The number of rotatable bonds is 7. The molecule has 0 saturated carbocycles. The van der Waals surface area contributed by atoms with Gasteiger partial charge in [-0.1, -0.05) is 43.7 Å². The van der Waals surface area contributed by atoms with Crippen LogP contribution in [0.15, 0.2) is 67.1 Å². The quantitative estimate of drug-likeness (QED) is 0.317. The van der Waals surface area contributed by atoms with Crippen molar-refractivity contribution in [1.82, 2.24) is 14.8 Å². The van der Waals surface area contributed by atoms with E-state index in [9.17, 15) is 9.90 Å². The summed E-state index contributed by atoms with van der Waals surface area (Å²) < 4.78 is 16.9. The van der Waals surface area contributed by atoms with E-state index < -0.39 is 11.7 Å². The van der Waals surface area contributed by atoms with Crippen molar-refractivity contribution in [3.8, 4) is 5.75 Å². The van der Waals surface area contributed by atoms with Crippen molar-refractivity contribution in [1.29, 1.82) is 0 Å². The highest BCUT2D eigenvalue weighted by molar-refractivity contribution is 5.98. The average molecular weight is 513 g/mol. The summed E-state index contributed by atoms with van der Waals surface area (Å²) in [5.41, 5.74) is 5.64. The van der Waals surface area contributed by atoms with E-state index >= 15 is 4.39 Å². The first-order valence-corrected chi connectivity index (χ1v) is 13.1. The normalized spacial score (nSPS) is 14.9. The minimum atomic E-state index is -0.682. The van der Waals surface area contributed by atoms with Crippen LogP contribution in [0.5, 0.6) is 5.75 Å². The maximum absolute atomic E-state index is 15.0. The van der Waals surface area contributed by atoms with Crippen LogP contribution in [0.25, 0.3) is 0 Å². The van der Waals surface area contributed by atoms with Crippen molar-refractivity contribution in [3.63, 3.8) is 0 Å². The second kappa shape index (κ2) is 10.8. The molecule has 0 bridgehead atoms. The molecule has 1 atom stereocenters. The molecule has 1 unspecified atom stereocenters. The van der Waals surface area contributed by atoms with Gasteiger partial charge >= 0.3 is 0 Å². The zero-order chi connectivity index (χ0) is 26.8. The summed E-state index contributed by atoms with van der Waals surface area (Å²) in [5.74, 6) is -1.03. The Morgan fingerprint density at radius 1 is 1.16 bits per heavy atom. The molecule has 0 radical (unpaired) electrons. The standard InChI is InChI=1S/C31H33FN4O2/c1-20(2)28-12-10-24(16-33-28)36(19-23-15-34-35(18-23)17-22-7-4-6-21(3)14-22)31(38)26-9-5-8-25-29(37)13-11-27(32)30(25)26/h4,6-7,10-16,18,20,26,37H,5,8-9,17,19H2,1-3H3. The van der Waals surface area contributed by atoms with Crippen LogP contribution in [0.2, 0.25) is 0 Å². The number of aromatic nitrogens is 3. The molecule has 0 spiro atoms. The van der Waals surface area contributed by atoms with E-state index in [0.29, 0.717) is 42.6 Å². The third kappa shape index (κ3) is 5.32. The van der Waals surface area contributed by atoms with Crippen molar-refractivity contribution in [3.05, 3.63) is 106 Å². The van der Waals surface area contributed by atoms with Crippen LogP contribution in [0, 0.1) is 12.7 Å². The Kier molecular flexibility index (Phi) is 7.27. The fourth-order valence-corrected chi connectivity index (χ4v) is 5.28. The van der Waals surface area contributed by atoms with Crippen molar-refractivity contribution in [2.45, 2.75) is 65.0 Å². The number of nitrogens with zero attached hydrogens (tertiary/aromatic N) is 4. The summed E-state index contributed by atoms with van der Waals surface area (Å²) in [4.78, 5) is 20.4. The number of aromatic hydroxyl groups is 1. The zero-order valence-corrected chi connectivity index (χ0v) is 22.1. The van der Waals surface area contributed by atoms with Crippen molar-refractivity contribution < 1.29 is 14.3 Å². The van der Waals surface area contributed by atoms with Gasteiger partial charge in [-0.2, -0.15) is 5.10 Å². The van der Waals surface area contributed by atoms with E-state index in [4.69, 9.17) is 0 Å². The number of benzene rings is 2. The second-order valence-corrected chi connectivity index (χ2v) is 10.5. The fraction of sp³-hybridized carbons (Fsp3) is 0.323. The summed E-state index contributed by atoms with van der Waals surface area (Å²) in [6.07, 6.45) is 7.21. The van der Waals surface area contributed by atoms with Gasteiger partial charge in [0.1, 0.15) is 11.6 Å². The third-order valence-corrected chi connectivity index (χ3v) is 7.24. The Morgan fingerprint density at radius 3 is 2.74 bits per heavy atom. The van der Waals surface area contributed by atoms with Gasteiger partial charge in [0.25, 0.3) is 0 Å². The number of aryl methyl sites for hydroxylation is 1. The largest absolute Gasteiger partial charge is 0.508 e. The first-order chi connectivity index (χ1) is 18.3. The van der Waals surface area contributed by atoms with E-state index in [0.717, 1.165) is 16.8 Å². The Balaban J connectivity index is 1.47. The van der Waals surface area contributed by atoms with Gasteiger partial charge in [-0.05, 0) is 61.9 Å². The molecule has 0 fully saturated rings. The minimum Gasteiger partial charge on any atom is -0.508 e. The van der Waals surface area contributed by atoms with Gasteiger partial charge in [-0.3, -0.25) is 14.5 Å². The van der Waals surface area contributed by atoms with Gasteiger partial charge in [-0.25, -0.2) is 4.39 Å². The summed E-state index contributed by atoms with van der Waals surface area (Å²) in [6, 6.07) is 14.7.